The summed E-state index contributed by atoms with van der Waals surface area (Å²) < 4.78 is 1.65. The molecule has 21 heavy (non-hydrogen) atoms. The fraction of sp³-hybridized carbons (Fsp3) is 0.294. The number of nitrogens with zero attached hydrogens (tertiary/aromatic N) is 1. The highest BCUT2D eigenvalue weighted by Gasteiger charge is 2.13. The van der Waals surface area contributed by atoms with Crippen molar-refractivity contribution < 1.29 is 0 Å². The first-order valence-electron chi connectivity index (χ1n) is 7.17. The summed E-state index contributed by atoms with van der Waals surface area (Å²) in [6.45, 7) is 4.32. The molecule has 1 aromatic heterocycles. The minimum absolute atomic E-state index is 0.273. The summed E-state index contributed by atoms with van der Waals surface area (Å²) in [6, 6.07) is 9.89. The minimum atomic E-state index is -0.346. The maximum absolute atomic E-state index is 12.1. The van der Waals surface area contributed by atoms with E-state index in [0.717, 1.165) is 11.3 Å². The van der Waals surface area contributed by atoms with E-state index in [2.05, 4.69) is 4.98 Å². The summed E-state index contributed by atoms with van der Waals surface area (Å²) in [5.41, 5.74) is 1.95. The van der Waals surface area contributed by atoms with Gasteiger partial charge in [-0.15, -0.1) is 0 Å². The third-order valence-electron chi connectivity index (χ3n) is 3.51. The highest BCUT2D eigenvalue weighted by atomic mass is 16.2. The van der Waals surface area contributed by atoms with Gasteiger partial charge in [0, 0.05) is 24.2 Å². The molecule has 0 spiro atoms. The minimum Gasteiger partial charge on any atom is -0.293 e. The second-order valence-electron chi connectivity index (χ2n) is 4.88. The largest absolute Gasteiger partial charge is 0.328 e. The van der Waals surface area contributed by atoms with Crippen molar-refractivity contribution in [3.63, 3.8) is 0 Å². The van der Waals surface area contributed by atoms with Crippen molar-refractivity contribution in [2.45, 2.75) is 33.2 Å². The van der Waals surface area contributed by atoms with Crippen molar-refractivity contribution in [3.8, 4) is 0 Å². The number of allylic oxidation sites excluding steroid dienone is 2. The Morgan fingerprint density at radius 3 is 2.52 bits per heavy atom. The summed E-state index contributed by atoms with van der Waals surface area (Å²) in [5.74, 6) is 0. The molecule has 0 saturated carbocycles. The van der Waals surface area contributed by atoms with E-state index in [4.69, 9.17) is 0 Å². The molecule has 0 aliphatic heterocycles. The maximum atomic E-state index is 12.1. The van der Waals surface area contributed by atoms with Crippen LogP contribution >= 0.6 is 0 Å². The SMILES string of the molecule is C/C=C/Cn1c(Cc2ccccc2)c(CC)c(=O)[nH]c1=O. The van der Waals surface area contributed by atoms with Crippen LogP contribution in [0.25, 0.3) is 0 Å². The van der Waals surface area contributed by atoms with Crippen LogP contribution in [0.2, 0.25) is 0 Å². The lowest BCUT2D eigenvalue weighted by Gasteiger charge is -2.14. The molecule has 0 atom stereocenters. The van der Waals surface area contributed by atoms with E-state index in [0.29, 0.717) is 24.9 Å². The zero-order chi connectivity index (χ0) is 15.2. The Kier molecular flexibility index (Phi) is 4.93. The van der Waals surface area contributed by atoms with Crippen molar-refractivity contribution in [2.75, 3.05) is 0 Å². The monoisotopic (exact) mass is 284 g/mol. The highest BCUT2D eigenvalue weighted by Crippen LogP contribution is 2.11. The molecule has 2 rings (SSSR count). The normalized spacial score (nSPS) is 11.1. The number of rotatable bonds is 5. The lowest BCUT2D eigenvalue weighted by atomic mass is 10.0. The van der Waals surface area contributed by atoms with Gasteiger partial charge in [0.2, 0.25) is 0 Å². The molecule has 110 valence electrons. The van der Waals surface area contributed by atoms with E-state index >= 15 is 0 Å². The van der Waals surface area contributed by atoms with Gasteiger partial charge in [-0.2, -0.15) is 0 Å². The predicted molar refractivity (Wildman–Crippen MR) is 84.8 cm³/mol. The van der Waals surface area contributed by atoms with Gasteiger partial charge in [0.15, 0.2) is 0 Å². The summed E-state index contributed by atoms with van der Waals surface area (Å²) in [4.78, 5) is 26.5. The standard InChI is InChI=1S/C17H20N2O2/c1-3-5-11-19-15(12-13-9-7-6-8-10-13)14(4-2)16(20)18-17(19)21/h3,5-10H,4,11-12H2,1-2H3,(H,18,20,21)/b5-3+. The summed E-state index contributed by atoms with van der Waals surface area (Å²) >= 11 is 0. The van der Waals surface area contributed by atoms with Crippen LogP contribution in [0, 0.1) is 0 Å². The van der Waals surface area contributed by atoms with Crippen LogP contribution in [0.1, 0.15) is 30.7 Å². The third-order valence-corrected chi connectivity index (χ3v) is 3.51. The number of benzene rings is 1. The maximum Gasteiger partial charge on any atom is 0.328 e. The molecule has 0 amide bonds. The van der Waals surface area contributed by atoms with Gasteiger partial charge in [-0.05, 0) is 18.9 Å². The zero-order valence-electron chi connectivity index (χ0n) is 12.4. The van der Waals surface area contributed by atoms with Crippen LogP contribution in [-0.2, 0) is 19.4 Å². The van der Waals surface area contributed by atoms with Gasteiger partial charge in [0.05, 0.1) is 0 Å². The van der Waals surface area contributed by atoms with E-state index in [1.54, 1.807) is 4.57 Å². The molecule has 0 bridgehead atoms. The Labute approximate surface area is 123 Å². The molecule has 0 fully saturated rings. The molecule has 0 saturated heterocycles. The summed E-state index contributed by atoms with van der Waals surface area (Å²) in [5, 5.41) is 0. The number of hydrogen-bond donors (Lipinski definition) is 1. The molecule has 4 heteroatoms. The van der Waals surface area contributed by atoms with Crippen molar-refractivity contribution >= 4 is 0 Å². The van der Waals surface area contributed by atoms with Crippen LogP contribution < -0.4 is 11.2 Å². The number of aromatic nitrogens is 2. The second-order valence-corrected chi connectivity index (χ2v) is 4.88. The summed E-state index contributed by atoms with van der Waals surface area (Å²) in [6.07, 6.45) is 5.00. The van der Waals surface area contributed by atoms with Crippen LogP contribution in [0.3, 0.4) is 0 Å². The Morgan fingerprint density at radius 1 is 1.19 bits per heavy atom. The second kappa shape index (κ2) is 6.88. The van der Waals surface area contributed by atoms with E-state index in [9.17, 15) is 9.59 Å². The zero-order valence-corrected chi connectivity index (χ0v) is 12.4. The molecule has 1 heterocycles. The van der Waals surface area contributed by atoms with Gasteiger partial charge in [0.1, 0.15) is 0 Å². The van der Waals surface area contributed by atoms with Crippen LogP contribution in [-0.4, -0.2) is 9.55 Å². The van der Waals surface area contributed by atoms with E-state index in [1.165, 1.54) is 0 Å². The van der Waals surface area contributed by atoms with Gasteiger partial charge in [-0.1, -0.05) is 49.4 Å². The van der Waals surface area contributed by atoms with Crippen molar-refractivity contribution in [1.82, 2.24) is 9.55 Å². The summed E-state index contributed by atoms with van der Waals surface area (Å²) in [7, 11) is 0. The fourth-order valence-electron chi connectivity index (χ4n) is 2.42. The van der Waals surface area contributed by atoms with E-state index in [1.807, 2.05) is 56.3 Å². The van der Waals surface area contributed by atoms with Crippen LogP contribution in [0.5, 0.6) is 0 Å². The first kappa shape index (κ1) is 15.0. The number of nitrogens with one attached hydrogen (secondary N) is 1. The van der Waals surface area contributed by atoms with E-state index < -0.39 is 0 Å². The van der Waals surface area contributed by atoms with Gasteiger partial charge < -0.3 is 0 Å². The molecular formula is C17H20N2O2. The Bertz CT molecular complexity index is 740. The molecule has 0 unspecified atom stereocenters. The fourth-order valence-corrected chi connectivity index (χ4v) is 2.42. The molecule has 0 aliphatic carbocycles. The average molecular weight is 284 g/mol. The molecule has 4 nitrogen and oxygen atoms in total. The lowest BCUT2D eigenvalue weighted by molar-refractivity contribution is 0.675. The highest BCUT2D eigenvalue weighted by molar-refractivity contribution is 5.27. The van der Waals surface area contributed by atoms with Gasteiger partial charge in [-0.25, -0.2) is 4.79 Å². The molecule has 1 aromatic carbocycles. The van der Waals surface area contributed by atoms with Crippen molar-refractivity contribution in [3.05, 3.63) is 80.1 Å². The Morgan fingerprint density at radius 2 is 1.90 bits per heavy atom. The molecule has 0 aliphatic rings. The predicted octanol–water partition coefficient (Wildman–Crippen LogP) is 2.27. The third kappa shape index (κ3) is 3.40. The number of aromatic amines is 1. The molecular weight excluding hydrogens is 264 g/mol. The van der Waals surface area contributed by atoms with Gasteiger partial charge in [0.25, 0.3) is 5.56 Å². The van der Waals surface area contributed by atoms with Gasteiger partial charge >= 0.3 is 5.69 Å². The average Bonchev–Trinajstić information content (AvgIpc) is 2.48. The Balaban J connectivity index is 2.59. The smallest absolute Gasteiger partial charge is 0.293 e. The van der Waals surface area contributed by atoms with Crippen molar-refractivity contribution in [2.24, 2.45) is 0 Å². The van der Waals surface area contributed by atoms with E-state index in [-0.39, 0.29) is 11.2 Å². The van der Waals surface area contributed by atoms with Crippen molar-refractivity contribution in [1.29, 1.82) is 0 Å². The number of H-pyrrole nitrogens is 1. The number of hydrogen-bond acceptors (Lipinski definition) is 2. The van der Waals surface area contributed by atoms with Crippen LogP contribution in [0.15, 0.2) is 52.1 Å². The first-order chi connectivity index (χ1) is 10.2. The molecule has 0 radical (unpaired) electrons. The molecule has 2 aromatic rings. The molecule has 1 N–H and O–H groups in total. The van der Waals surface area contributed by atoms with Gasteiger partial charge in [-0.3, -0.25) is 14.3 Å². The Hall–Kier alpha value is -2.36. The van der Waals surface area contributed by atoms with Crippen LogP contribution in [0.4, 0.5) is 0 Å². The topological polar surface area (TPSA) is 54.9 Å². The quantitative estimate of drug-likeness (QED) is 0.856. The lowest BCUT2D eigenvalue weighted by Crippen LogP contribution is -2.35. The first-order valence-corrected chi connectivity index (χ1v) is 7.17.